The van der Waals surface area contributed by atoms with Crippen molar-refractivity contribution < 1.29 is 4.74 Å². The van der Waals surface area contributed by atoms with Gasteiger partial charge in [-0.05, 0) is 44.0 Å². The van der Waals surface area contributed by atoms with Gasteiger partial charge in [0.15, 0.2) is 0 Å². The first-order valence-electron chi connectivity index (χ1n) is 7.74. The lowest BCUT2D eigenvalue weighted by atomic mass is 9.98. The van der Waals surface area contributed by atoms with Gasteiger partial charge in [0.25, 0.3) is 5.56 Å². The summed E-state index contributed by atoms with van der Waals surface area (Å²) in [5, 5.41) is 0. The van der Waals surface area contributed by atoms with Crippen LogP contribution in [0.4, 0.5) is 0 Å². The highest BCUT2D eigenvalue weighted by atomic mass is 16.5. The highest BCUT2D eigenvalue weighted by molar-refractivity contribution is 5.20. The molecule has 2 aromatic rings. The van der Waals surface area contributed by atoms with Gasteiger partial charge >= 0.3 is 0 Å². The van der Waals surface area contributed by atoms with Gasteiger partial charge in [0.2, 0.25) is 0 Å². The first kappa shape index (κ1) is 14.8. The normalized spacial score (nSPS) is 16.5. The van der Waals surface area contributed by atoms with Crippen LogP contribution < -0.4 is 10.3 Å². The molecular weight excluding hydrogens is 278 g/mol. The largest absolute Gasteiger partial charge is 0.493 e. The Labute approximate surface area is 130 Å². The van der Waals surface area contributed by atoms with E-state index in [-0.39, 0.29) is 5.56 Å². The van der Waals surface area contributed by atoms with Crippen LogP contribution in [-0.2, 0) is 6.54 Å². The zero-order chi connectivity index (χ0) is 15.2. The SMILES string of the molecule is O=c1[nH]ccnc1CN1CCC(COc2ccccc2)CC1. The van der Waals surface area contributed by atoms with Gasteiger partial charge in [-0.15, -0.1) is 0 Å². The molecule has 1 aliphatic rings. The molecule has 5 heteroatoms. The lowest BCUT2D eigenvalue weighted by Gasteiger charge is -2.31. The molecule has 1 fully saturated rings. The fourth-order valence-corrected chi connectivity index (χ4v) is 2.75. The molecule has 0 aliphatic carbocycles. The predicted molar refractivity (Wildman–Crippen MR) is 84.8 cm³/mol. The lowest BCUT2D eigenvalue weighted by molar-refractivity contribution is 0.135. The molecule has 0 atom stereocenters. The maximum absolute atomic E-state index is 11.7. The molecule has 0 unspecified atom stereocenters. The molecule has 1 aliphatic heterocycles. The van der Waals surface area contributed by atoms with Gasteiger partial charge in [0.1, 0.15) is 11.4 Å². The van der Waals surface area contributed by atoms with Gasteiger partial charge in [-0.3, -0.25) is 14.7 Å². The Morgan fingerprint density at radius 1 is 1.23 bits per heavy atom. The van der Waals surface area contributed by atoms with E-state index in [1.54, 1.807) is 12.4 Å². The second-order valence-electron chi connectivity index (χ2n) is 5.71. The second kappa shape index (κ2) is 7.22. The van der Waals surface area contributed by atoms with Crippen LogP contribution in [-0.4, -0.2) is 34.6 Å². The topological polar surface area (TPSA) is 58.2 Å². The number of nitrogens with one attached hydrogen (secondary N) is 1. The number of hydrogen-bond acceptors (Lipinski definition) is 4. The number of hydrogen-bond donors (Lipinski definition) is 1. The summed E-state index contributed by atoms with van der Waals surface area (Å²) in [6.07, 6.45) is 5.39. The Morgan fingerprint density at radius 3 is 2.73 bits per heavy atom. The van der Waals surface area contributed by atoms with E-state index >= 15 is 0 Å². The molecule has 0 saturated carbocycles. The predicted octanol–water partition coefficient (Wildman–Crippen LogP) is 2.06. The van der Waals surface area contributed by atoms with E-state index in [2.05, 4.69) is 14.9 Å². The minimum absolute atomic E-state index is 0.0861. The second-order valence-corrected chi connectivity index (χ2v) is 5.71. The molecule has 0 bridgehead atoms. The van der Waals surface area contributed by atoms with E-state index in [1.165, 1.54) is 0 Å². The molecule has 3 rings (SSSR count). The van der Waals surface area contributed by atoms with E-state index in [4.69, 9.17) is 4.74 Å². The third kappa shape index (κ3) is 3.95. The third-order valence-corrected chi connectivity index (χ3v) is 4.09. The van der Waals surface area contributed by atoms with Crippen molar-refractivity contribution in [3.05, 3.63) is 58.8 Å². The standard InChI is InChI=1S/C17H21N3O2/c21-17-16(18-8-9-19-17)12-20-10-6-14(7-11-20)13-22-15-4-2-1-3-5-15/h1-5,8-9,14H,6-7,10-13H2,(H,19,21). The zero-order valence-corrected chi connectivity index (χ0v) is 12.6. The van der Waals surface area contributed by atoms with E-state index < -0.39 is 0 Å². The number of aromatic nitrogens is 2. The number of piperidine rings is 1. The van der Waals surface area contributed by atoms with E-state index in [1.807, 2.05) is 30.3 Å². The van der Waals surface area contributed by atoms with Crippen LogP contribution in [0.25, 0.3) is 0 Å². The van der Waals surface area contributed by atoms with E-state index in [0.29, 0.717) is 18.2 Å². The van der Waals surface area contributed by atoms with Crippen LogP contribution in [0.1, 0.15) is 18.5 Å². The van der Waals surface area contributed by atoms with Gasteiger partial charge in [-0.2, -0.15) is 0 Å². The van der Waals surface area contributed by atoms with Crippen molar-refractivity contribution in [1.29, 1.82) is 0 Å². The van der Waals surface area contributed by atoms with Gasteiger partial charge < -0.3 is 9.72 Å². The van der Waals surface area contributed by atoms with Crippen molar-refractivity contribution in [3.63, 3.8) is 0 Å². The first-order valence-corrected chi connectivity index (χ1v) is 7.74. The Balaban J connectivity index is 1.44. The average Bonchev–Trinajstić information content (AvgIpc) is 2.57. The zero-order valence-electron chi connectivity index (χ0n) is 12.6. The van der Waals surface area contributed by atoms with Gasteiger partial charge in [-0.1, -0.05) is 18.2 Å². The molecule has 2 heterocycles. The Morgan fingerprint density at radius 2 is 2.00 bits per heavy atom. The van der Waals surface area contributed by atoms with Crippen LogP contribution >= 0.6 is 0 Å². The number of nitrogens with zero attached hydrogens (tertiary/aromatic N) is 2. The Kier molecular flexibility index (Phi) is 4.85. The molecule has 1 aromatic heterocycles. The minimum atomic E-state index is -0.0861. The molecule has 1 saturated heterocycles. The number of rotatable bonds is 5. The molecule has 0 spiro atoms. The van der Waals surface area contributed by atoms with Crippen LogP contribution in [0.2, 0.25) is 0 Å². The Bertz CT molecular complexity index is 634. The average molecular weight is 299 g/mol. The Hall–Kier alpha value is -2.14. The van der Waals surface area contributed by atoms with Gasteiger partial charge in [0, 0.05) is 18.9 Å². The van der Waals surface area contributed by atoms with Crippen molar-refractivity contribution in [2.75, 3.05) is 19.7 Å². The van der Waals surface area contributed by atoms with Crippen LogP contribution in [0.15, 0.2) is 47.5 Å². The number of ether oxygens (including phenoxy) is 1. The summed E-state index contributed by atoms with van der Waals surface area (Å²) < 4.78 is 5.83. The van der Waals surface area contributed by atoms with Crippen molar-refractivity contribution in [1.82, 2.24) is 14.9 Å². The number of aromatic amines is 1. The van der Waals surface area contributed by atoms with E-state index in [9.17, 15) is 4.79 Å². The van der Waals surface area contributed by atoms with Crippen LogP contribution in [0, 0.1) is 5.92 Å². The molecule has 0 radical (unpaired) electrons. The van der Waals surface area contributed by atoms with Crippen LogP contribution in [0.3, 0.4) is 0 Å². The van der Waals surface area contributed by atoms with Crippen molar-refractivity contribution in [2.24, 2.45) is 5.92 Å². The number of para-hydroxylation sites is 1. The molecular formula is C17H21N3O2. The fraction of sp³-hybridized carbons (Fsp3) is 0.412. The lowest BCUT2D eigenvalue weighted by Crippen LogP contribution is -2.36. The summed E-state index contributed by atoms with van der Waals surface area (Å²) >= 11 is 0. The van der Waals surface area contributed by atoms with Crippen molar-refractivity contribution in [2.45, 2.75) is 19.4 Å². The summed E-state index contributed by atoms with van der Waals surface area (Å²) in [4.78, 5) is 20.8. The van der Waals surface area contributed by atoms with E-state index in [0.717, 1.165) is 38.3 Å². The van der Waals surface area contributed by atoms with Crippen molar-refractivity contribution >= 4 is 0 Å². The molecule has 1 N–H and O–H groups in total. The number of likely N-dealkylation sites (tertiary alicyclic amines) is 1. The summed E-state index contributed by atoms with van der Waals surface area (Å²) in [5.41, 5.74) is 0.513. The highest BCUT2D eigenvalue weighted by Gasteiger charge is 2.20. The molecule has 1 aromatic carbocycles. The number of H-pyrrole nitrogens is 1. The summed E-state index contributed by atoms with van der Waals surface area (Å²) in [6, 6.07) is 9.94. The third-order valence-electron chi connectivity index (χ3n) is 4.09. The molecule has 5 nitrogen and oxygen atoms in total. The summed E-state index contributed by atoms with van der Waals surface area (Å²) in [7, 11) is 0. The van der Waals surface area contributed by atoms with Gasteiger partial charge in [-0.25, -0.2) is 0 Å². The molecule has 22 heavy (non-hydrogen) atoms. The number of benzene rings is 1. The first-order chi connectivity index (χ1) is 10.8. The van der Waals surface area contributed by atoms with Crippen molar-refractivity contribution in [3.8, 4) is 5.75 Å². The quantitative estimate of drug-likeness (QED) is 0.918. The smallest absolute Gasteiger partial charge is 0.270 e. The monoisotopic (exact) mass is 299 g/mol. The maximum atomic E-state index is 11.7. The van der Waals surface area contributed by atoms with Gasteiger partial charge in [0.05, 0.1) is 6.61 Å². The highest BCUT2D eigenvalue weighted by Crippen LogP contribution is 2.20. The maximum Gasteiger partial charge on any atom is 0.270 e. The summed E-state index contributed by atoms with van der Waals surface area (Å²) in [5.74, 6) is 1.52. The fourth-order valence-electron chi connectivity index (χ4n) is 2.75. The molecule has 0 amide bonds. The molecule has 116 valence electrons. The summed E-state index contributed by atoms with van der Waals surface area (Å²) in [6.45, 7) is 3.36. The minimum Gasteiger partial charge on any atom is -0.493 e. The van der Waals surface area contributed by atoms with Crippen LogP contribution in [0.5, 0.6) is 5.75 Å².